The number of amides is 3. The molecule has 0 heterocycles. The fraction of sp³-hybridized carbons (Fsp3) is 0.389. The lowest BCUT2D eigenvalue weighted by atomic mass is 9.84. The van der Waals surface area contributed by atoms with E-state index in [4.69, 9.17) is 9.47 Å². The molecule has 0 atom stereocenters. The summed E-state index contributed by atoms with van der Waals surface area (Å²) in [7, 11) is 4.09. The molecule has 26 heavy (non-hydrogen) atoms. The minimum absolute atomic E-state index is 0.170. The quantitative estimate of drug-likeness (QED) is 0.473. The standard InChI is InChI=1S/C18H24N2O6/c1-18(2,3)13-10-11(9-12(15(13)25-5)16(22)26-6)19-17(23)20-14(21)7-8-24-4/h7-10H,1-6H3,(H2,19,20,21,23). The Bertz CT molecular complexity index is 719. The average molecular weight is 364 g/mol. The van der Waals surface area contributed by atoms with Crippen molar-refractivity contribution in [3.63, 3.8) is 0 Å². The summed E-state index contributed by atoms with van der Waals surface area (Å²) in [6, 6.07) is 2.35. The van der Waals surface area contributed by atoms with Gasteiger partial charge in [0.25, 0.3) is 5.91 Å². The van der Waals surface area contributed by atoms with E-state index in [1.54, 1.807) is 6.07 Å². The molecule has 0 saturated carbocycles. The first-order valence-electron chi connectivity index (χ1n) is 7.76. The van der Waals surface area contributed by atoms with Crippen LogP contribution in [0.25, 0.3) is 0 Å². The second kappa shape index (κ2) is 8.89. The highest BCUT2D eigenvalue weighted by Crippen LogP contribution is 2.37. The van der Waals surface area contributed by atoms with Gasteiger partial charge < -0.3 is 19.5 Å². The van der Waals surface area contributed by atoms with Crippen molar-refractivity contribution < 1.29 is 28.6 Å². The number of hydrogen-bond donors (Lipinski definition) is 2. The third-order valence-corrected chi connectivity index (χ3v) is 3.36. The first-order chi connectivity index (χ1) is 12.1. The van der Waals surface area contributed by atoms with Crippen LogP contribution >= 0.6 is 0 Å². The Morgan fingerprint density at radius 2 is 1.73 bits per heavy atom. The summed E-state index contributed by atoms with van der Waals surface area (Å²) in [5.41, 5.74) is 0.809. The Morgan fingerprint density at radius 3 is 2.23 bits per heavy atom. The Kier molecular flexibility index (Phi) is 7.18. The van der Waals surface area contributed by atoms with Crippen molar-refractivity contribution >= 4 is 23.6 Å². The van der Waals surface area contributed by atoms with E-state index in [1.165, 1.54) is 27.4 Å². The zero-order valence-corrected chi connectivity index (χ0v) is 15.8. The molecule has 0 unspecified atom stereocenters. The number of carbonyl (C=O) groups is 3. The van der Waals surface area contributed by atoms with Crippen LogP contribution in [0.5, 0.6) is 5.75 Å². The highest BCUT2D eigenvalue weighted by Gasteiger charge is 2.26. The molecular weight excluding hydrogens is 340 g/mol. The molecule has 1 aromatic rings. The largest absolute Gasteiger partial charge is 0.504 e. The molecule has 0 bridgehead atoms. The van der Waals surface area contributed by atoms with Gasteiger partial charge in [-0.05, 0) is 17.5 Å². The minimum atomic E-state index is -0.753. The summed E-state index contributed by atoms with van der Waals surface area (Å²) in [6.45, 7) is 5.82. The molecule has 142 valence electrons. The fourth-order valence-corrected chi connectivity index (χ4v) is 2.19. The highest BCUT2D eigenvalue weighted by atomic mass is 16.5. The van der Waals surface area contributed by atoms with E-state index in [0.29, 0.717) is 17.0 Å². The smallest absolute Gasteiger partial charge is 0.341 e. The zero-order chi connectivity index (χ0) is 19.9. The fourth-order valence-electron chi connectivity index (χ4n) is 2.19. The van der Waals surface area contributed by atoms with Crippen LogP contribution in [-0.4, -0.2) is 39.2 Å². The number of urea groups is 1. The molecule has 0 fully saturated rings. The Hall–Kier alpha value is -3.03. The number of nitrogens with one attached hydrogen (secondary N) is 2. The van der Waals surface area contributed by atoms with Crippen LogP contribution in [0, 0.1) is 0 Å². The van der Waals surface area contributed by atoms with E-state index in [2.05, 4.69) is 15.4 Å². The van der Waals surface area contributed by atoms with E-state index in [0.717, 1.165) is 12.3 Å². The lowest BCUT2D eigenvalue weighted by molar-refractivity contribution is -0.115. The van der Waals surface area contributed by atoms with Crippen LogP contribution in [0.15, 0.2) is 24.5 Å². The number of ether oxygens (including phenoxy) is 3. The van der Waals surface area contributed by atoms with Gasteiger partial charge in [0.1, 0.15) is 11.3 Å². The maximum atomic E-state index is 12.1. The number of benzene rings is 1. The second-order valence-corrected chi connectivity index (χ2v) is 6.33. The topological polar surface area (TPSA) is 103 Å². The van der Waals surface area contributed by atoms with Gasteiger partial charge in [0.2, 0.25) is 0 Å². The van der Waals surface area contributed by atoms with E-state index >= 15 is 0 Å². The normalized spacial score (nSPS) is 11.0. The van der Waals surface area contributed by atoms with Crippen molar-refractivity contribution in [3.8, 4) is 5.75 Å². The van der Waals surface area contributed by atoms with Gasteiger partial charge in [-0.25, -0.2) is 9.59 Å². The van der Waals surface area contributed by atoms with Gasteiger partial charge in [-0.15, -0.1) is 0 Å². The van der Waals surface area contributed by atoms with Crippen LogP contribution in [0.4, 0.5) is 10.5 Å². The predicted molar refractivity (Wildman–Crippen MR) is 96.3 cm³/mol. The van der Waals surface area contributed by atoms with Crippen LogP contribution in [0.2, 0.25) is 0 Å². The summed E-state index contributed by atoms with van der Waals surface area (Å²) in [6.07, 6.45) is 2.21. The second-order valence-electron chi connectivity index (χ2n) is 6.33. The van der Waals surface area contributed by atoms with Crippen molar-refractivity contribution in [2.75, 3.05) is 26.6 Å². The van der Waals surface area contributed by atoms with E-state index in [9.17, 15) is 14.4 Å². The highest BCUT2D eigenvalue weighted by molar-refractivity contribution is 6.05. The van der Waals surface area contributed by atoms with Gasteiger partial charge in [-0.3, -0.25) is 10.1 Å². The van der Waals surface area contributed by atoms with Crippen molar-refractivity contribution in [2.24, 2.45) is 0 Å². The molecule has 0 aromatic heterocycles. The van der Waals surface area contributed by atoms with Gasteiger partial charge in [0.15, 0.2) is 0 Å². The van der Waals surface area contributed by atoms with Crippen LogP contribution in [0.1, 0.15) is 36.7 Å². The van der Waals surface area contributed by atoms with Crippen molar-refractivity contribution in [1.29, 1.82) is 0 Å². The van der Waals surface area contributed by atoms with E-state index in [1.807, 2.05) is 20.8 Å². The molecule has 8 heteroatoms. The van der Waals surface area contributed by atoms with Crippen LogP contribution in [0.3, 0.4) is 0 Å². The first kappa shape index (κ1) is 21.0. The summed E-state index contributed by atoms with van der Waals surface area (Å²) < 4.78 is 14.8. The molecule has 8 nitrogen and oxygen atoms in total. The number of carbonyl (C=O) groups excluding carboxylic acids is 3. The molecule has 0 aliphatic rings. The predicted octanol–water partition coefficient (Wildman–Crippen LogP) is 2.59. The Labute approximate surface area is 152 Å². The number of methoxy groups -OCH3 is 3. The summed E-state index contributed by atoms with van der Waals surface area (Å²) in [5, 5.41) is 4.63. The average Bonchev–Trinajstić information content (AvgIpc) is 2.57. The molecular formula is C18H24N2O6. The molecule has 1 aromatic carbocycles. The molecule has 0 aliphatic carbocycles. The number of imide groups is 1. The third-order valence-electron chi connectivity index (χ3n) is 3.36. The van der Waals surface area contributed by atoms with Crippen molar-refractivity contribution in [2.45, 2.75) is 26.2 Å². The minimum Gasteiger partial charge on any atom is -0.504 e. The number of anilines is 1. The Balaban J connectivity index is 3.23. The third kappa shape index (κ3) is 5.51. The zero-order valence-electron chi connectivity index (χ0n) is 15.8. The molecule has 0 radical (unpaired) electrons. The molecule has 2 N–H and O–H groups in total. The SMILES string of the molecule is COC=CC(=O)NC(=O)Nc1cc(C(=O)OC)c(OC)c(C(C)(C)C)c1. The lowest BCUT2D eigenvalue weighted by Gasteiger charge is -2.24. The maximum absolute atomic E-state index is 12.1. The van der Waals surface area contributed by atoms with Crippen LogP contribution < -0.4 is 15.4 Å². The molecule has 0 aliphatic heterocycles. The number of rotatable bonds is 5. The summed E-state index contributed by atoms with van der Waals surface area (Å²) in [4.78, 5) is 35.6. The summed E-state index contributed by atoms with van der Waals surface area (Å²) >= 11 is 0. The molecule has 0 saturated heterocycles. The van der Waals surface area contributed by atoms with E-state index in [-0.39, 0.29) is 11.0 Å². The van der Waals surface area contributed by atoms with Gasteiger partial charge in [0.05, 0.1) is 27.6 Å². The van der Waals surface area contributed by atoms with Gasteiger partial charge >= 0.3 is 12.0 Å². The maximum Gasteiger partial charge on any atom is 0.341 e. The first-order valence-corrected chi connectivity index (χ1v) is 7.76. The molecule has 3 amide bonds. The summed E-state index contributed by atoms with van der Waals surface area (Å²) in [5.74, 6) is -0.882. The van der Waals surface area contributed by atoms with Crippen LogP contribution in [-0.2, 0) is 19.7 Å². The van der Waals surface area contributed by atoms with Gasteiger partial charge in [-0.2, -0.15) is 0 Å². The Morgan fingerprint density at radius 1 is 1.08 bits per heavy atom. The number of hydrogen-bond acceptors (Lipinski definition) is 6. The van der Waals surface area contributed by atoms with Gasteiger partial charge in [-0.1, -0.05) is 20.8 Å². The molecule has 0 spiro atoms. The molecule has 1 rings (SSSR count). The van der Waals surface area contributed by atoms with E-state index < -0.39 is 17.9 Å². The number of esters is 1. The van der Waals surface area contributed by atoms with Gasteiger partial charge in [0, 0.05) is 17.3 Å². The van der Waals surface area contributed by atoms with Crippen molar-refractivity contribution in [3.05, 3.63) is 35.6 Å². The lowest BCUT2D eigenvalue weighted by Crippen LogP contribution is -2.33. The van der Waals surface area contributed by atoms with Crippen molar-refractivity contribution in [1.82, 2.24) is 5.32 Å². The monoisotopic (exact) mass is 364 g/mol.